The molecule has 0 aliphatic carbocycles. The van der Waals surface area contributed by atoms with Crippen molar-refractivity contribution in [2.45, 2.75) is 20.3 Å². The third kappa shape index (κ3) is 3.60. The van der Waals surface area contributed by atoms with Gasteiger partial charge >= 0.3 is 0 Å². The molecule has 1 amide bonds. The Balaban J connectivity index is 2.19. The summed E-state index contributed by atoms with van der Waals surface area (Å²) in [5.41, 5.74) is 3.58. The molecule has 1 heterocycles. The molecule has 0 unspecified atom stereocenters. The molecular formula is C17H21N3O. The van der Waals surface area contributed by atoms with Crippen LogP contribution < -0.4 is 10.2 Å². The van der Waals surface area contributed by atoms with Gasteiger partial charge in [0.25, 0.3) is 5.91 Å². The number of aryl methyl sites for hydroxylation is 1. The number of carbonyl (C=O) groups is 1. The van der Waals surface area contributed by atoms with E-state index in [0.29, 0.717) is 0 Å². The molecular weight excluding hydrogens is 262 g/mol. The number of hydrogen-bond acceptors (Lipinski definition) is 3. The number of benzene rings is 1. The second kappa shape index (κ2) is 6.88. The molecule has 0 spiro atoms. The highest BCUT2D eigenvalue weighted by Crippen LogP contribution is 2.19. The number of amides is 1. The molecule has 0 saturated heterocycles. The van der Waals surface area contributed by atoms with Gasteiger partial charge in [-0.15, -0.1) is 0 Å². The van der Waals surface area contributed by atoms with E-state index in [4.69, 9.17) is 0 Å². The van der Waals surface area contributed by atoms with Gasteiger partial charge in [0.15, 0.2) is 0 Å². The molecule has 1 aromatic carbocycles. The minimum Gasteiger partial charge on any atom is -0.385 e. The average Bonchev–Trinajstić information content (AvgIpc) is 2.52. The quantitative estimate of drug-likeness (QED) is 0.913. The van der Waals surface area contributed by atoms with Crippen molar-refractivity contribution in [2.24, 2.45) is 0 Å². The van der Waals surface area contributed by atoms with Crippen molar-refractivity contribution < 1.29 is 4.79 Å². The van der Waals surface area contributed by atoms with Crippen LogP contribution in [-0.4, -0.2) is 24.5 Å². The molecule has 0 bridgehead atoms. The van der Waals surface area contributed by atoms with Crippen LogP contribution >= 0.6 is 0 Å². The number of carbonyl (C=O) groups excluding carboxylic acids is 1. The maximum absolute atomic E-state index is 12.6. The van der Waals surface area contributed by atoms with Gasteiger partial charge in [0, 0.05) is 42.9 Å². The molecule has 2 aromatic rings. The summed E-state index contributed by atoms with van der Waals surface area (Å²) in [4.78, 5) is 18.2. The molecule has 0 radical (unpaired) electrons. The minimum absolute atomic E-state index is 0.0132. The summed E-state index contributed by atoms with van der Waals surface area (Å²) in [6, 6.07) is 9.50. The van der Waals surface area contributed by atoms with E-state index in [0.717, 1.165) is 35.5 Å². The number of rotatable bonds is 5. The number of pyridine rings is 1. The summed E-state index contributed by atoms with van der Waals surface area (Å²) in [5, 5.41) is 3.33. The van der Waals surface area contributed by atoms with Crippen LogP contribution in [0.15, 0.2) is 42.7 Å². The van der Waals surface area contributed by atoms with Crippen molar-refractivity contribution in [2.75, 3.05) is 23.8 Å². The molecule has 0 aliphatic heterocycles. The summed E-state index contributed by atoms with van der Waals surface area (Å²) in [6.45, 7) is 5.02. The highest BCUT2D eigenvalue weighted by atomic mass is 16.2. The van der Waals surface area contributed by atoms with E-state index in [9.17, 15) is 4.79 Å². The lowest BCUT2D eigenvalue weighted by Crippen LogP contribution is -2.26. The van der Waals surface area contributed by atoms with Gasteiger partial charge in [0.1, 0.15) is 0 Å². The minimum atomic E-state index is -0.0132. The molecule has 1 N–H and O–H groups in total. The van der Waals surface area contributed by atoms with Crippen LogP contribution in [0.5, 0.6) is 0 Å². The Morgan fingerprint density at radius 2 is 1.95 bits per heavy atom. The predicted octanol–water partition coefficient (Wildman–Crippen LogP) is 3.49. The molecule has 21 heavy (non-hydrogen) atoms. The van der Waals surface area contributed by atoms with Gasteiger partial charge in [-0.1, -0.05) is 6.92 Å². The van der Waals surface area contributed by atoms with Crippen LogP contribution in [0.3, 0.4) is 0 Å². The zero-order valence-corrected chi connectivity index (χ0v) is 12.8. The van der Waals surface area contributed by atoms with Crippen LogP contribution in [0.2, 0.25) is 0 Å². The zero-order chi connectivity index (χ0) is 15.2. The van der Waals surface area contributed by atoms with E-state index in [1.807, 2.05) is 37.3 Å². The summed E-state index contributed by atoms with van der Waals surface area (Å²) < 4.78 is 0. The molecule has 110 valence electrons. The fraction of sp³-hybridized carbons (Fsp3) is 0.294. The van der Waals surface area contributed by atoms with E-state index >= 15 is 0 Å². The topological polar surface area (TPSA) is 45.2 Å². The van der Waals surface area contributed by atoms with Crippen molar-refractivity contribution >= 4 is 17.3 Å². The molecule has 4 heteroatoms. The largest absolute Gasteiger partial charge is 0.385 e. The molecule has 0 atom stereocenters. The highest BCUT2D eigenvalue weighted by Gasteiger charge is 2.15. The second-order valence-corrected chi connectivity index (χ2v) is 5.03. The van der Waals surface area contributed by atoms with E-state index in [-0.39, 0.29) is 5.91 Å². The predicted molar refractivity (Wildman–Crippen MR) is 86.9 cm³/mol. The molecule has 2 rings (SSSR count). The van der Waals surface area contributed by atoms with Gasteiger partial charge < -0.3 is 10.2 Å². The van der Waals surface area contributed by atoms with Crippen LogP contribution in [0.1, 0.15) is 29.3 Å². The van der Waals surface area contributed by atoms with Crippen LogP contribution in [0, 0.1) is 6.92 Å². The Bertz CT molecular complexity index is 611. The van der Waals surface area contributed by atoms with Crippen molar-refractivity contribution in [1.82, 2.24) is 4.98 Å². The van der Waals surface area contributed by atoms with E-state index in [1.165, 1.54) is 0 Å². The fourth-order valence-electron chi connectivity index (χ4n) is 2.15. The first kappa shape index (κ1) is 15.0. The van der Waals surface area contributed by atoms with Crippen LogP contribution in [0.4, 0.5) is 11.4 Å². The molecule has 1 aromatic heterocycles. The highest BCUT2D eigenvalue weighted by molar-refractivity contribution is 6.06. The third-order valence-corrected chi connectivity index (χ3v) is 3.39. The van der Waals surface area contributed by atoms with Crippen molar-refractivity contribution in [1.29, 1.82) is 0 Å². The van der Waals surface area contributed by atoms with Gasteiger partial charge in [-0.05, 0) is 49.2 Å². The van der Waals surface area contributed by atoms with Gasteiger partial charge in [-0.3, -0.25) is 9.78 Å². The summed E-state index contributed by atoms with van der Waals surface area (Å²) in [6.07, 6.45) is 4.44. The van der Waals surface area contributed by atoms with Crippen LogP contribution in [-0.2, 0) is 0 Å². The Morgan fingerprint density at radius 3 is 2.57 bits per heavy atom. The van der Waals surface area contributed by atoms with Crippen molar-refractivity contribution in [3.63, 3.8) is 0 Å². The van der Waals surface area contributed by atoms with Crippen molar-refractivity contribution in [3.8, 4) is 0 Å². The zero-order valence-electron chi connectivity index (χ0n) is 12.8. The number of nitrogens with zero attached hydrogens (tertiary/aromatic N) is 2. The monoisotopic (exact) mass is 283 g/mol. The number of aromatic nitrogens is 1. The standard InChI is InChI=1S/C17H21N3O/c1-4-9-19-14-5-6-16(13(2)12-14)17(21)20(3)15-7-10-18-11-8-15/h5-8,10-12,19H,4,9H2,1-3H3. The first-order valence-electron chi connectivity index (χ1n) is 7.16. The van der Waals surface area contributed by atoms with E-state index < -0.39 is 0 Å². The fourth-order valence-corrected chi connectivity index (χ4v) is 2.15. The Kier molecular flexibility index (Phi) is 4.93. The average molecular weight is 283 g/mol. The molecule has 0 aliphatic rings. The molecule has 4 nitrogen and oxygen atoms in total. The normalized spacial score (nSPS) is 10.2. The molecule has 0 saturated carbocycles. The number of hydrogen-bond donors (Lipinski definition) is 1. The first-order chi connectivity index (χ1) is 10.1. The van der Waals surface area contributed by atoms with Gasteiger partial charge in [-0.25, -0.2) is 0 Å². The third-order valence-electron chi connectivity index (χ3n) is 3.39. The Hall–Kier alpha value is -2.36. The number of nitrogens with one attached hydrogen (secondary N) is 1. The number of anilines is 2. The second-order valence-electron chi connectivity index (χ2n) is 5.03. The lowest BCUT2D eigenvalue weighted by atomic mass is 10.1. The first-order valence-corrected chi connectivity index (χ1v) is 7.16. The summed E-state index contributed by atoms with van der Waals surface area (Å²) >= 11 is 0. The van der Waals surface area contributed by atoms with Crippen LogP contribution in [0.25, 0.3) is 0 Å². The lowest BCUT2D eigenvalue weighted by Gasteiger charge is -2.18. The SMILES string of the molecule is CCCNc1ccc(C(=O)N(C)c2ccncc2)c(C)c1. The lowest BCUT2D eigenvalue weighted by molar-refractivity contribution is 0.0992. The van der Waals surface area contributed by atoms with Gasteiger partial charge in [-0.2, -0.15) is 0 Å². The Morgan fingerprint density at radius 1 is 1.24 bits per heavy atom. The summed E-state index contributed by atoms with van der Waals surface area (Å²) in [5.74, 6) is -0.0132. The Labute approximate surface area is 125 Å². The van der Waals surface area contributed by atoms with Gasteiger partial charge in [0.2, 0.25) is 0 Å². The smallest absolute Gasteiger partial charge is 0.258 e. The van der Waals surface area contributed by atoms with E-state index in [2.05, 4.69) is 17.2 Å². The van der Waals surface area contributed by atoms with Crippen molar-refractivity contribution in [3.05, 3.63) is 53.9 Å². The molecule has 0 fully saturated rings. The van der Waals surface area contributed by atoms with Gasteiger partial charge in [0.05, 0.1) is 0 Å². The summed E-state index contributed by atoms with van der Waals surface area (Å²) in [7, 11) is 1.78. The maximum atomic E-state index is 12.6. The van der Waals surface area contributed by atoms with E-state index in [1.54, 1.807) is 24.3 Å². The maximum Gasteiger partial charge on any atom is 0.258 e.